The predicted molar refractivity (Wildman–Crippen MR) is 180 cm³/mol. The Balaban J connectivity index is 1.57. The Morgan fingerprint density at radius 3 is 2.04 bits per heavy atom. The Labute approximate surface area is 281 Å². The summed E-state index contributed by atoms with van der Waals surface area (Å²) in [5.74, 6) is -2.64. The van der Waals surface area contributed by atoms with Crippen molar-refractivity contribution in [3.63, 3.8) is 0 Å². The van der Waals surface area contributed by atoms with E-state index in [1.807, 2.05) is 84.9 Å². The van der Waals surface area contributed by atoms with Crippen LogP contribution in [0.1, 0.15) is 61.9 Å². The van der Waals surface area contributed by atoms with E-state index in [4.69, 9.17) is 10.5 Å². The summed E-state index contributed by atoms with van der Waals surface area (Å²) < 4.78 is 5.27. The van der Waals surface area contributed by atoms with E-state index >= 15 is 0 Å². The molecule has 0 aliphatic heterocycles. The highest BCUT2D eigenvalue weighted by atomic mass is 16.6. The van der Waals surface area contributed by atoms with Gasteiger partial charge in [-0.25, -0.2) is 4.79 Å². The van der Waals surface area contributed by atoms with Gasteiger partial charge >= 0.3 is 6.09 Å². The number of hydrogen-bond donors (Lipinski definition) is 6. The van der Waals surface area contributed by atoms with Crippen molar-refractivity contribution in [3.8, 4) is 0 Å². The second-order valence-corrected chi connectivity index (χ2v) is 13.3. The molecule has 11 nitrogen and oxygen atoms in total. The van der Waals surface area contributed by atoms with Crippen LogP contribution in [-0.2, 0) is 38.4 Å². The Hall–Kier alpha value is -4.74. The largest absolute Gasteiger partial charge is 0.444 e. The summed E-state index contributed by atoms with van der Waals surface area (Å²) in [6, 6.07) is 23.3. The van der Waals surface area contributed by atoms with Crippen molar-refractivity contribution in [2.45, 2.75) is 88.8 Å². The van der Waals surface area contributed by atoms with Gasteiger partial charge in [0.25, 0.3) is 0 Å². The van der Waals surface area contributed by atoms with Crippen LogP contribution in [0.2, 0.25) is 0 Å². The first kappa shape index (κ1) is 36.1. The van der Waals surface area contributed by atoms with Crippen LogP contribution in [0.5, 0.6) is 0 Å². The normalized spacial score (nSPS) is 18.0. The van der Waals surface area contributed by atoms with Gasteiger partial charge in [-0.2, -0.15) is 0 Å². The Bertz CT molecular complexity index is 1540. The molecule has 1 aliphatic carbocycles. The lowest BCUT2D eigenvalue weighted by atomic mass is 9.88. The third kappa shape index (κ3) is 10.6. The molecule has 0 fully saturated rings. The fraction of sp³-hybridized carbons (Fsp3) is 0.405. The molecule has 256 valence electrons. The number of alkyl carbamates (subject to hydrolysis) is 1. The van der Waals surface area contributed by atoms with Crippen LogP contribution in [-0.4, -0.2) is 63.9 Å². The van der Waals surface area contributed by atoms with Gasteiger partial charge in [-0.05, 0) is 62.3 Å². The van der Waals surface area contributed by atoms with Crippen LogP contribution in [0.15, 0.2) is 84.9 Å². The Morgan fingerprint density at radius 1 is 0.854 bits per heavy atom. The molecule has 0 unspecified atom stereocenters. The van der Waals surface area contributed by atoms with Gasteiger partial charge in [-0.15, -0.1) is 0 Å². The lowest BCUT2D eigenvalue weighted by Gasteiger charge is -2.30. The highest BCUT2D eigenvalue weighted by molar-refractivity contribution is 5.90. The number of hydrogen-bond acceptors (Lipinski definition) is 7. The molecule has 4 rings (SSSR count). The molecule has 0 saturated carbocycles. The van der Waals surface area contributed by atoms with Gasteiger partial charge in [0.05, 0.1) is 30.7 Å². The molecule has 0 spiro atoms. The molecular weight excluding hydrogens is 612 g/mol. The molecule has 6 atom stereocenters. The summed E-state index contributed by atoms with van der Waals surface area (Å²) in [6.45, 7) is 4.99. The third-order valence-electron chi connectivity index (χ3n) is 8.23. The van der Waals surface area contributed by atoms with Crippen LogP contribution in [0, 0.1) is 5.92 Å². The minimum absolute atomic E-state index is 0.0387. The fourth-order valence-corrected chi connectivity index (χ4v) is 5.95. The van der Waals surface area contributed by atoms with E-state index < -0.39 is 66.2 Å². The number of carbonyl (C=O) groups is 4. The molecule has 4 amide bonds. The van der Waals surface area contributed by atoms with E-state index in [0.717, 1.165) is 22.3 Å². The summed E-state index contributed by atoms with van der Waals surface area (Å²) in [5.41, 5.74) is 8.05. The topological polar surface area (TPSA) is 180 Å². The van der Waals surface area contributed by atoms with Crippen LogP contribution in [0.4, 0.5) is 4.79 Å². The van der Waals surface area contributed by atoms with Crippen molar-refractivity contribution in [1.29, 1.82) is 0 Å². The monoisotopic (exact) mass is 658 g/mol. The first-order valence-electron chi connectivity index (χ1n) is 16.2. The molecule has 7 N–H and O–H groups in total. The van der Waals surface area contributed by atoms with Gasteiger partial charge in [-0.3, -0.25) is 14.4 Å². The molecule has 0 bridgehead atoms. The second kappa shape index (κ2) is 16.4. The standard InChI is InChI=1S/C37H46N4O7/c1-37(2,3)48-36(47)40-29(22-32(38)44)35(46)39-28(19-24-14-8-5-9-15-24)30(42)21-26(18-23-12-6-4-7-13-23)34(45)41-33-27-17-11-10-16-25(27)20-31(33)43/h4-17,26,28-31,33,42-43H,18-22H2,1-3H3,(H2,38,44)(H,39,46)(H,40,47)(H,41,45)/t26-,28-,29-,30+,31+,33-/m0/s1. The van der Waals surface area contributed by atoms with Crippen molar-refractivity contribution in [1.82, 2.24) is 16.0 Å². The molecular formula is C37H46N4O7. The van der Waals surface area contributed by atoms with Crippen molar-refractivity contribution in [2.75, 3.05) is 0 Å². The molecule has 0 aromatic heterocycles. The van der Waals surface area contributed by atoms with Gasteiger partial charge in [-0.1, -0.05) is 84.9 Å². The summed E-state index contributed by atoms with van der Waals surface area (Å²) in [5, 5.41) is 30.8. The number of carbonyl (C=O) groups excluding carboxylic acids is 4. The average molecular weight is 659 g/mol. The van der Waals surface area contributed by atoms with Gasteiger partial charge in [0.15, 0.2) is 0 Å². The number of rotatable bonds is 14. The van der Waals surface area contributed by atoms with Crippen LogP contribution < -0.4 is 21.7 Å². The van der Waals surface area contributed by atoms with Crippen LogP contribution in [0.3, 0.4) is 0 Å². The van der Waals surface area contributed by atoms with Gasteiger partial charge < -0.3 is 36.6 Å². The predicted octanol–water partition coefficient (Wildman–Crippen LogP) is 2.87. The van der Waals surface area contributed by atoms with Gasteiger partial charge in [0, 0.05) is 12.3 Å². The third-order valence-corrected chi connectivity index (χ3v) is 8.23. The number of nitrogens with two attached hydrogens (primary N) is 1. The number of aliphatic hydroxyl groups is 2. The van der Waals surface area contributed by atoms with E-state index in [1.54, 1.807) is 20.8 Å². The SMILES string of the molecule is CC(C)(C)OC(=O)N[C@@H](CC(N)=O)C(=O)N[C@@H](Cc1ccccc1)[C@H](O)C[C@H](Cc1ccccc1)C(=O)N[C@H]1c2ccccc2C[C@H]1O. The van der Waals surface area contributed by atoms with Crippen molar-refractivity contribution in [3.05, 3.63) is 107 Å². The van der Waals surface area contributed by atoms with E-state index in [0.29, 0.717) is 12.8 Å². The van der Waals surface area contributed by atoms with Gasteiger partial charge in [0.1, 0.15) is 11.6 Å². The van der Waals surface area contributed by atoms with Crippen molar-refractivity contribution >= 4 is 23.8 Å². The number of benzene rings is 3. The summed E-state index contributed by atoms with van der Waals surface area (Å²) in [4.78, 5) is 51.9. The summed E-state index contributed by atoms with van der Waals surface area (Å²) in [7, 11) is 0. The van der Waals surface area contributed by atoms with Gasteiger partial charge in [0.2, 0.25) is 17.7 Å². The first-order valence-corrected chi connectivity index (χ1v) is 16.2. The Kier molecular flexibility index (Phi) is 12.3. The quantitative estimate of drug-likeness (QED) is 0.154. The smallest absolute Gasteiger partial charge is 0.408 e. The zero-order valence-electron chi connectivity index (χ0n) is 27.6. The molecule has 1 aliphatic rings. The minimum Gasteiger partial charge on any atom is -0.444 e. The van der Waals surface area contributed by atoms with Crippen molar-refractivity contribution in [2.24, 2.45) is 11.7 Å². The fourth-order valence-electron chi connectivity index (χ4n) is 5.95. The summed E-state index contributed by atoms with van der Waals surface area (Å²) in [6.07, 6.45) is -2.56. The number of aliphatic hydroxyl groups excluding tert-OH is 2. The molecule has 3 aromatic carbocycles. The highest BCUT2D eigenvalue weighted by Crippen LogP contribution is 2.32. The van der Waals surface area contributed by atoms with Crippen LogP contribution in [0.25, 0.3) is 0 Å². The van der Waals surface area contributed by atoms with Crippen LogP contribution >= 0.6 is 0 Å². The molecule has 0 radical (unpaired) electrons. The second-order valence-electron chi connectivity index (χ2n) is 13.3. The lowest BCUT2D eigenvalue weighted by molar-refractivity contribution is -0.129. The molecule has 3 aromatic rings. The summed E-state index contributed by atoms with van der Waals surface area (Å²) >= 11 is 0. The van der Waals surface area contributed by atoms with Crippen molar-refractivity contribution < 1.29 is 34.1 Å². The average Bonchev–Trinajstić information content (AvgIpc) is 3.34. The Morgan fingerprint density at radius 2 is 1.44 bits per heavy atom. The maximum absolute atomic E-state index is 13.9. The molecule has 11 heteroatoms. The number of primary amides is 1. The number of fused-ring (bicyclic) bond motifs is 1. The van der Waals surface area contributed by atoms with E-state index in [9.17, 15) is 29.4 Å². The minimum atomic E-state index is -1.37. The molecule has 0 heterocycles. The zero-order valence-corrected chi connectivity index (χ0v) is 27.6. The molecule has 0 saturated heterocycles. The first-order chi connectivity index (χ1) is 22.8. The number of ether oxygens (including phenoxy) is 1. The van der Waals surface area contributed by atoms with E-state index in [2.05, 4.69) is 16.0 Å². The van der Waals surface area contributed by atoms with E-state index in [1.165, 1.54) is 0 Å². The number of nitrogens with one attached hydrogen (secondary N) is 3. The van der Waals surface area contributed by atoms with E-state index in [-0.39, 0.29) is 18.7 Å². The highest BCUT2D eigenvalue weighted by Gasteiger charge is 2.36. The lowest BCUT2D eigenvalue weighted by Crippen LogP contribution is -2.55. The number of amides is 4. The molecule has 48 heavy (non-hydrogen) atoms. The zero-order chi connectivity index (χ0) is 34.8. The maximum Gasteiger partial charge on any atom is 0.408 e. The maximum atomic E-state index is 13.9.